The van der Waals surface area contributed by atoms with E-state index in [-0.39, 0.29) is 0 Å². The average Bonchev–Trinajstić information content (AvgIpc) is 2.16. The quantitative estimate of drug-likeness (QED) is 0.694. The fourth-order valence-electron chi connectivity index (χ4n) is 1.52. The zero-order chi connectivity index (χ0) is 9.68. The average molecular weight is 262 g/mol. The molecule has 0 N–H and O–H groups in total. The Balaban J connectivity index is 2.84. The second-order valence-corrected chi connectivity index (χ2v) is 4.30. The first kappa shape index (κ1) is 11.1. The third kappa shape index (κ3) is 2.99. The summed E-state index contributed by atoms with van der Waals surface area (Å²) in [6.07, 6.45) is 2.30. The van der Waals surface area contributed by atoms with Gasteiger partial charge in [0.2, 0.25) is 0 Å². The standard InChI is InChI=1S/C11H14BrCl/c1-2-9(7-8-12)10-5-3-4-6-11(10)13/h3-6,9H,2,7-8H2,1H3. The maximum Gasteiger partial charge on any atom is 0.0440 e. The van der Waals surface area contributed by atoms with E-state index in [0.29, 0.717) is 5.92 Å². The molecule has 0 fully saturated rings. The van der Waals surface area contributed by atoms with Crippen molar-refractivity contribution in [1.29, 1.82) is 0 Å². The summed E-state index contributed by atoms with van der Waals surface area (Å²) in [4.78, 5) is 0. The Bertz CT molecular complexity index is 260. The highest BCUT2D eigenvalue weighted by Gasteiger charge is 2.10. The second kappa shape index (κ2) is 5.66. The molecule has 0 bridgehead atoms. The Morgan fingerprint density at radius 2 is 2.08 bits per heavy atom. The lowest BCUT2D eigenvalue weighted by Crippen LogP contribution is -1.98. The van der Waals surface area contributed by atoms with Crippen molar-refractivity contribution in [2.75, 3.05) is 5.33 Å². The van der Waals surface area contributed by atoms with Gasteiger partial charge in [-0.15, -0.1) is 0 Å². The van der Waals surface area contributed by atoms with Gasteiger partial charge in [-0.05, 0) is 30.4 Å². The molecule has 0 aliphatic heterocycles. The molecule has 0 aromatic heterocycles. The topological polar surface area (TPSA) is 0 Å². The van der Waals surface area contributed by atoms with E-state index in [1.807, 2.05) is 12.1 Å². The summed E-state index contributed by atoms with van der Waals surface area (Å²) in [7, 11) is 0. The van der Waals surface area contributed by atoms with Crippen LogP contribution in [0.4, 0.5) is 0 Å². The summed E-state index contributed by atoms with van der Waals surface area (Å²) >= 11 is 9.59. The van der Waals surface area contributed by atoms with E-state index in [0.717, 1.165) is 23.2 Å². The van der Waals surface area contributed by atoms with Gasteiger partial charge in [0.25, 0.3) is 0 Å². The molecule has 72 valence electrons. The first-order valence-electron chi connectivity index (χ1n) is 4.60. The molecule has 0 aliphatic carbocycles. The molecule has 1 atom stereocenters. The third-order valence-corrected chi connectivity index (χ3v) is 3.10. The molecule has 0 heterocycles. The van der Waals surface area contributed by atoms with Crippen LogP contribution in [-0.2, 0) is 0 Å². The molecule has 1 unspecified atom stereocenters. The summed E-state index contributed by atoms with van der Waals surface area (Å²) in [5.41, 5.74) is 1.28. The molecule has 0 amide bonds. The highest BCUT2D eigenvalue weighted by molar-refractivity contribution is 9.09. The van der Waals surface area contributed by atoms with E-state index < -0.39 is 0 Å². The Hall–Kier alpha value is -0.0100. The first-order valence-corrected chi connectivity index (χ1v) is 6.10. The fourth-order valence-corrected chi connectivity index (χ4v) is 2.36. The number of hydrogen-bond donors (Lipinski definition) is 0. The summed E-state index contributed by atoms with van der Waals surface area (Å²) in [5, 5.41) is 1.94. The van der Waals surface area contributed by atoms with Crippen LogP contribution in [0.3, 0.4) is 0 Å². The number of rotatable bonds is 4. The van der Waals surface area contributed by atoms with Crippen molar-refractivity contribution in [3.63, 3.8) is 0 Å². The minimum absolute atomic E-state index is 0.591. The van der Waals surface area contributed by atoms with Gasteiger partial charge >= 0.3 is 0 Å². The van der Waals surface area contributed by atoms with E-state index in [9.17, 15) is 0 Å². The van der Waals surface area contributed by atoms with Crippen molar-refractivity contribution >= 4 is 27.5 Å². The molecule has 0 saturated carbocycles. The van der Waals surface area contributed by atoms with Crippen molar-refractivity contribution in [1.82, 2.24) is 0 Å². The number of halogens is 2. The molecule has 0 spiro atoms. The summed E-state index contributed by atoms with van der Waals surface area (Å²) < 4.78 is 0. The van der Waals surface area contributed by atoms with Crippen molar-refractivity contribution in [3.8, 4) is 0 Å². The lowest BCUT2D eigenvalue weighted by atomic mass is 9.94. The minimum Gasteiger partial charge on any atom is -0.0928 e. The van der Waals surface area contributed by atoms with Gasteiger partial charge in [0.1, 0.15) is 0 Å². The van der Waals surface area contributed by atoms with Crippen LogP contribution in [0.1, 0.15) is 31.2 Å². The Kier molecular flexibility index (Phi) is 4.82. The fraction of sp³-hybridized carbons (Fsp3) is 0.455. The van der Waals surface area contributed by atoms with Crippen LogP contribution >= 0.6 is 27.5 Å². The minimum atomic E-state index is 0.591. The van der Waals surface area contributed by atoms with Gasteiger partial charge in [-0.1, -0.05) is 52.7 Å². The van der Waals surface area contributed by atoms with Crippen molar-refractivity contribution < 1.29 is 0 Å². The number of hydrogen-bond acceptors (Lipinski definition) is 0. The molecule has 1 rings (SSSR count). The highest BCUT2D eigenvalue weighted by atomic mass is 79.9. The van der Waals surface area contributed by atoms with Gasteiger partial charge in [0.15, 0.2) is 0 Å². The van der Waals surface area contributed by atoms with E-state index in [4.69, 9.17) is 11.6 Å². The molecule has 0 radical (unpaired) electrons. The van der Waals surface area contributed by atoms with Gasteiger partial charge < -0.3 is 0 Å². The predicted octanol–water partition coefficient (Wildman–Crippen LogP) is 4.62. The van der Waals surface area contributed by atoms with E-state index in [1.165, 1.54) is 5.56 Å². The molecule has 0 saturated heterocycles. The van der Waals surface area contributed by atoms with Gasteiger partial charge in [-0.3, -0.25) is 0 Å². The molecule has 13 heavy (non-hydrogen) atoms. The van der Waals surface area contributed by atoms with E-state index in [1.54, 1.807) is 0 Å². The van der Waals surface area contributed by atoms with E-state index >= 15 is 0 Å². The normalized spacial score (nSPS) is 12.8. The van der Waals surface area contributed by atoms with Crippen molar-refractivity contribution in [3.05, 3.63) is 34.9 Å². The largest absolute Gasteiger partial charge is 0.0928 e. The lowest BCUT2D eigenvalue weighted by molar-refractivity contribution is 0.649. The Morgan fingerprint density at radius 1 is 1.38 bits per heavy atom. The molecule has 1 aromatic rings. The van der Waals surface area contributed by atoms with Crippen molar-refractivity contribution in [2.45, 2.75) is 25.7 Å². The van der Waals surface area contributed by atoms with E-state index in [2.05, 4.69) is 35.0 Å². The number of benzene rings is 1. The maximum absolute atomic E-state index is 6.12. The molecule has 0 nitrogen and oxygen atoms in total. The van der Waals surface area contributed by atoms with Crippen LogP contribution < -0.4 is 0 Å². The molecular weight excluding hydrogens is 247 g/mol. The lowest BCUT2D eigenvalue weighted by Gasteiger charge is -2.14. The molecule has 1 aromatic carbocycles. The molecule has 2 heteroatoms. The van der Waals surface area contributed by atoms with Crippen LogP contribution in [0.25, 0.3) is 0 Å². The summed E-state index contributed by atoms with van der Waals surface area (Å²) in [6.45, 7) is 2.21. The first-order chi connectivity index (χ1) is 6.29. The van der Waals surface area contributed by atoms with Gasteiger partial charge in [-0.25, -0.2) is 0 Å². The number of alkyl halides is 1. The SMILES string of the molecule is CCC(CCBr)c1ccccc1Cl. The maximum atomic E-state index is 6.12. The van der Waals surface area contributed by atoms with Crippen LogP contribution in [0.15, 0.2) is 24.3 Å². The van der Waals surface area contributed by atoms with Crippen LogP contribution in [0, 0.1) is 0 Å². The zero-order valence-corrected chi connectivity index (χ0v) is 10.1. The van der Waals surface area contributed by atoms with Crippen LogP contribution in [0.2, 0.25) is 5.02 Å². The predicted molar refractivity (Wildman–Crippen MR) is 62.9 cm³/mol. The zero-order valence-electron chi connectivity index (χ0n) is 7.76. The third-order valence-electron chi connectivity index (χ3n) is 2.30. The smallest absolute Gasteiger partial charge is 0.0440 e. The van der Waals surface area contributed by atoms with Gasteiger partial charge in [0.05, 0.1) is 0 Å². The Labute approximate surface area is 93.4 Å². The second-order valence-electron chi connectivity index (χ2n) is 3.10. The summed E-state index contributed by atoms with van der Waals surface area (Å²) in [5.74, 6) is 0.591. The Morgan fingerprint density at radius 3 is 2.62 bits per heavy atom. The monoisotopic (exact) mass is 260 g/mol. The molecule has 0 aliphatic rings. The van der Waals surface area contributed by atoms with Crippen LogP contribution in [0.5, 0.6) is 0 Å². The molecular formula is C11H14BrCl. The van der Waals surface area contributed by atoms with Crippen molar-refractivity contribution in [2.24, 2.45) is 0 Å². The van der Waals surface area contributed by atoms with Crippen LogP contribution in [-0.4, -0.2) is 5.33 Å². The highest BCUT2D eigenvalue weighted by Crippen LogP contribution is 2.29. The summed E-state index contributed by atoms with van der Waals surface area (Å²) in [6, 6.07) is 8.12. The van der Waals surface area contributed by atoms with Gasteiger partial charge in [-0.2, -0.15) is 0 Å². The van der Waals surface area contributed by atoms with Gasteiger partial charge in [0, 0.05) is 10.4 Å².